The van der Waals surface area contributed by atoms with Crippen molar-refractivity contribution in [1.82, 2.24) is 14.5 Å². The van der Waals surface area contributed by atoms with Gasteiger partial charge in [0, 0.05) is 30.5 Å². The van der Waals surface area contributed by atoms with Gasteiger partial charge in [-0.1, -0.05) is 13.3 Å². The van der Waals surface area contributed by atoms with Crippen molar-refractivity contribution in [2.24, 2.45) is 5.73 Å². The molecular formula is C13H18N4. The smallest absolute Gasteiger partial charge is 0.0954 e. The maximum absolute atomic E-state index is 5.83. The topological polar surface area (TPSA) is 56.7 Å². The number of hydrogen-bond donors (Lipinski definition) is 1. The lowest BCUT2D eigenvalue weighted by Gasteiger charge is -2.18. The van der Waals surface area contributed by atoms with Gasteiger partial charge in [0.2, 0.25) is 0 Å². The maximum Gasteiger partial charge on any atom is 0.0954 e. The highest BCUT2D eigenvalue weighted by atomic mass is 15.1. The van der Waals surface area contributed by atoms with Gasteiger partial charge in [-0.3, -0.25) is 4.98 Å². The summed E-state index contributed by atoms with van der Waals surface area (Å²) in [5.74, 6) is 0. The van der Waals surface area contributed by atoms with Crippen LogP contribution >= 0.6 is 0 Å². The number of rotatable bonds is 5. The van der Waals surface area contributed by atoms with Crippen LogP contribution in [0.15, 0.2) is 37.1 Å². The van der Waals surface area contributed by atoms with Gasteiger partial charge in [0.15, 0.2) is 0 Å². The lowest BCUT2D eigenvalue weighted by molar-refractivity contribution is 0.473. The van der Waals surface area contributed by atoms with Crippen LogP contribution in [0.4, 0.5) is 0 Å². The predicted octanol–water partition coefficient (Wildman–Crippen LogP) is 2.25. The molecule has 0 aromatic carbocycles. The van der Waals surface area contributed by atoms with Crippen molar-refractivity contribution in [2.45, 2.75) is 25.8 Å². The third-order valence-electron chi connectivity index (χ3n) is 2.91. The SMILES string of the molecule is CCCC(CN)n1cncc1-c1cccnc1. The summed E-state index contributed by atoms with van der Waals surface area (Å²) in [5.41, 5.74) is 8.00. The van der Waals surface area contributed by atoms with E-state index in [-0.39, 0.29) is 0 Å². The first-order valence-electron chi connectivity index (χ1n) is 5.99. The molecule has 0 aliphatic heterocycles. The van der Waals surface area contributed by atoms with Crippen LogP contribution in [0, 0.1) is 0 Å². The van der Waals surface area contributed by atoms with Crippen molar-refractivity contribution < 1.29 is 0 Å². The van der Waals surface area contributed by atoms with Crippen molar-refractivity contribution in [3.63, 3.8) is 0 Å². The molecule has 1 atom stereocenters. The average molecular weight is 230 g/mol. The van der Waals surface area contributed by atoms with Crippen molar-refractivity contribution in [2.75, 3.05) is 6.54 Å². The molecule has 2 N–H and O–H groups in total. The Balaban J connectivity index is 2.34. The zero-order valence-electron chi connectivity index (χ0n) is 10.1. The molecule has 17 heavy (non-hydrogen) atoms. The first-order chi connectivity index (χ1) is 8.36. The molecule has 0 saturated heterocycles. The Morgan fingerprint density at radius 1 is 1.35 bits per heavy atom. The summed E-state index contributed by atoms with van der Waals surface area (Å²) in [6.45, 7) is 2.81. The molecule has 2 aromatic rings. The van der Waals surface area contributed by atoms with Gasteiger partial charge in [-0.15, -0.1) is 0 Å². The fourth-order valence-electron chi connectivity index (χ4n) is 2.04. The zero-order valence-corrected chi connectivity index (χ0v) is 10.1. The Hall–Kier alpha value is -1.68. The highest BCUT2D eigenvalue weighted by Crippen LogP contribution is 2.23. The molecule has 2 rings (SSSR count). The number of hydrogen-bond acceptors (Lipinski definition) is 3. The van der Waals surface area contributed by atoms with E-state index in [4.69, 9.17) is 5.73 Å². The van der Waals surface area contributed by atoms with E-state index in [0.717, 1.165) is 24.1 Å². The van der Waals surface area contributed by atoms with Crippen LogP contribution < -0.4 is 5.73 Å². The van der Waals surface area contributed by atoms with E-state index in [9.17, 15) is 0 Å². The van der Waals surface area contributed by atoms with Gasteiger partial charge in [-0.25, -0.2) is 4.98 Å². The Morgan fingerprint density at radius 2 is 2.24 bits per heavy atom. The normalized spacial score (nSPS) is 12.6. The summed E-state index contributed by atoms with van der Waals surface area (Å²) in [6, 6.07) is 4.29. The molecule has 0 aliphatic carbocycles. The van der Waals surface area contributed by atoms with E-state index in [1.807, 2.05) is 30.9 Å². The van der Waals surface area contributed by atoms with Crippen LogP contribution in [0.25, 0.3) is 11.3 Å². The van der Waals surface area contributed by atoms with Gasteiger partial charge < -0.3 is 10.3 Å². The second-order valence-electron chi connectivity index (χ2n) is 4.11. The summed E-state index contributed by atoms with van der Waals surface area (Å²) in [5, 5.41) is 0. The molecule has 0 spiro atoms. The summed E-state index contributed by atoms with van der Waals surface area (Å²) in [7, 11) is 0. The lowest BCUT2D eigenvalue weighted by atomic mass is 10.1. The van der Waals surface area contributed by atoms with Crippen LogP contribution in [-0.2, 0) is 0 Å². The quantitative estimate of drug-likeness (QED) is 0.857. The third kappa shape index (κ3) is 2.53. The Kier molecular flexibility index (Phi) is 3.88. The van der Waals surface area contributed by atoms with E-state index in [2.05, 4.69) is 21.5 Å². The number of imidazole rings is 1. The van der Waals surface area contributed by atoms with Crippen LogP contribution in [-0.4, -0.2) is 21.1 Å². The van der Waals surface area contributed by atoms with Crippen molar-refractivity contribution in [3.05, 3.63) is 37.1 Å². The molecule has 1 unspecified atom stereocenters. The lowest BCUT2D eigenvalue weighted by Crippen LogP contribution is -2.19. The third-order valence-corrected chi connectivity index (χ3v) is 2.91. The van der Waals surface area contributed by atoms with Crippen molar-refractivity contribution in [3.8, 4) is 11.3 Å². The molecule has 2 aromatic heterocycles. The molecule has 0 aliphatic rings. The summed E-state index contributed by atoms with van der Waals surface area (Å²) >= 11 is 0. The highest BCUT2D eigenvalue weighted by Gasteiger charge is 2.13. The van der Waals surface area contributed by atoms with Gasteiger partial charge in [-0.2, -0.15) is 0 Å². The monoisotopic (exact) mass is 230 g/mol. The molecule has 4 nitrogen and oxygen atoms in total. The summed E-state index contributed by atoms with van der Waals surface area (Å²) < 4.78 is 2.15. The molecule has 2 heterocycles. The van der Waals surface area contributed by atoms with E-state index >= 15 is 0 Å². The summed E-state index contributed by atoms with van der Waals surface area (Å²) in [4.78, 5) is 8.37. The minimum Gasteiger partial charge on any atom is -0.328 e. The average Bonchev–Trinajstić information content (AvgIpc) is 2.86. The van der Waals surface area contributed by atoms with Crippen LogP contribution in [0.5, 0.6) is 0 Å². The van der Waals surface area contributed by atoms with Gasteiger partial charge in [0.05, 0.1) is 18.2 Å². The van der Waals surface area contributed by atoms with E-state index in [1.165, 1.54) is 0 Å². The van der Waals surface area contributed by atoms with E-state index in [1.54, 1.807) is 6.20 Å². The minimum absolute atomic E-state index is 0.317. The van der Waals surface area contributed by atoms with Gasteiger partial charge >= 0.3 is 0 Å². The van der Waals surface area contributed by atoms with Gasteiger partial charge in [0.25, 0.3) is 0 Å². The molecule has 90 valence electrons. The van der Waals surface area contributed by atoms with Gasteiger partial charge in [0.1, 0.15) is 0 Å². The molecule has 4 heteroatoms. The van der Waals surface area contributed by atoms with E-state index in [0.29, 0.717) is 12.6 Å². The Labute approximate surface area is 102 Å². The van der Waals surface area contributed by atoms with Crippen LogP contribution in [0.3, 0.4) is 0 Å². The number of pyridine rings is 1. The molecule has 0 fully saturated rings. The minimum atomic E-state index is 0.317. The number of nitrogens with zero attached hydrogens (tertiary/aromatic N) is 3. The predicted molar refractivity (Wildman–Crippen MR) is 68.5 cm³/mol. The van der Waals surface area contributed by atoms with Crippen LogP contribution in [0.2, 0.25) is 0 Å². The number of nitrogens with two attached hydrogens (primary N) is 1. The number of aromatic nitrogens is 3. The first kappa shape index (κ1) is 11.8. The fraction of sp³-hybridized carbons (Fsp3) is 0.385. The largest absolute Gasteiger partial charge is 0.328 e. The standard InChI is InChI=1S/C13H18N4/c1-2-4-12(7-14)17-10-16-9-13(17)11-5-3-6-15-8-11/h3,5-6,8-10,12H,2,4,7,14H2,1H3. The van der Waals surface area contributed by atoms with E-state index < -0.39 is 0 Å². The summed E-state index contributed by atoms with van der Waals surface area (Å²) in [6.07, 6.45) is 9.54. The molecule has 0 bridgehead atoms. The molecule has 0 radical (unpaired) electrons. The Morgan fingerprint density at radius 3 is 2.88 bits per heavy atom. The second kappa shape index (κ2) is 5.59. The molecular weight excluding hydrogens is 212 g/mol. The fourth-order valence-corrected chi connectivity index (χ4v) is 2.04. The zero-order chi connectivity index (χ0) is 12.1. The van der Waals surface area contributed by atoms with Crippen LogP contribution in [0.1, 0.15) is 25.8 Å². The highest BCUT2D eigenvalue weighted by molar-refractivity contribution is 5.57. The molecule has 0 amide bonds. The second-order valence-corrected chi connectivity index (χ2v) is 4.11. The maximum atomic E-state index is 5.83. The van der Waals surface area contributed by atoms with Crippen molar-refractivity contribution in [1.29, 1.82) is 0 Å². The molecule has 0 saturated carbocycles. The first-order valence-corrected chi connectivity index (χ1v) is 5.99. The van der Waals surface area contributed by atoms with Crippen molar-refractivity contribution >= 4 is 0 Å². The van der Waals surface area contributed by atoms with Gasteiger partial charge in [-0.05, 0) is 18.6 Å². The Bertz CT molecular complexity index is 449.